The molecule has 1 aliphatic heterocycles. The van der Waals surface area contributed by atoms with Gasteiger partial charge in [-0.2, -0.15) is 0 Å². The second-order valence-electron chi connectivity index (χ2n) is 3.61. The van der Waals surface area contributed by atoms with Crippen LogP contribution in [0.2, 0.25) is 0 Å². The van der Waals surface area contributed by atoms with Crippen LogP contribution < -0.4 is 0 Å². The molecule has 0 unspecified atom stereocenters. The number of carbonyl (C=O) groups is 1. The number of ether oxygens (including phenoxy) is 1. The third-order valence-electron chi connectivity index (χ3n) is 2.58. The molecule has 1 aromatic heterocycles. The van der Waals surface area contributed by atoms with E-state index in [2.05, 4.69) is 10.9 Å². The Kier molecular flexibility index (Phi) is 3.35. The van der Waals surface area contributed by atoms with Crippen molar-refractivity contribution in [3.63, 3.8) is 0 Å². The standard InChI is InChI=1S/C12H11FN2O2/c1-2-9-8-17-6-5-15(9)12(16)10-3-4-14-7-11(10)13/h1,3-4,7,9H,5-6,8H2/t9-/m1/s1. The number of carbonyl (C=O) groups excluding carboxylic acids is 1. The van der Waals surface area contributed by atoms with Gasteiger partial charge in [0.05, 0.1) is 25.0 Å². The third kappa shape index (κ3) is 2.27. The Bertz CT molecular complexity index is 470. The number of halogens is 1. The molecule has 2 rings (SSSR count). The molecule has 0 aliphatic carbocycles. The minimum absolute atomic E-state index is 0.0119. The summed E-state index contributed by atoms with van der Waals surface area (Å²) >= 11 is 0. The van der Waals surface area contributed by atoms with E-state index in [1.165, 1.54) is 17.2 Å². The van der Waals surface area contributed by atoms with Crippen LogP contribution in [0.15, 0.2) is 18.5 Å². The minimum atomic E-state index is -0.639. The van der Waals surface area contributed by atoms with Crippen molar-refractivity contribution in [2.45, 2.75) is 6.04 Å². The molecule has 1 atom stereocenters. The highest BCUT2D eigenvalue weighted by atomic mass is 19.1. The van der Waals surface area contributed by atoms with Crippen molar-refractivity contribution in [1.82, 2.24) is 9.88 Å². The van der Waals surface area contributed by atoms with Crippen molar-refractivity contribution in [3.8, 4) is 12.3 Å². The SMILES string of the molecule is C#C[C@@H]1COCCN1C(=O)c1ccncc1F. The maximum absolute atomic E-state index is 13.4. The van der Waals surface area contributed by atoms with Gasteiger partial charge in [-0.3, -0.25) is 9.78 Å². The van der Waals surface area contributed by atoms with Crippen LogP contribution in [-0.2, 0) is 4.74 Å². The molecule has 0 radical (unpaired) electrons. The Morgan fingerprint density at radius 2 is 2.53 bits per heavy atom. The van der Waals surface area contributed by atoms with Gasteiger partial charge in [-0.1, -0.05) is 5.92 Å². The number of rotatable bonds is 1. The molecule has 1 amide bonds. The van der Waals surface area contributed by atoms with Gasteiger partial charge in [0, 0.05) is 12.7 Å². The maximum atomic E-state index is 13.4. The number of morpholine rings is 1. The number of aromatic nitrogens is 1. The highest BCUT2D eigenvalue weighted by Crippen LogP contribution is 2.13. The fraction of sp³-hybridized carbons (Fsp3) is 0.333. The zero-order chi connectivity index (χ0) is 12.3. The van der Waals surface area contributed by atoms with Gasteiger partial charge in [0.15, 0.2) is 5.82 Å². The number of terminal acetylenes is 1. The van der Waals surface area contributed by atoms with E-state index in [0.29, 0.717) is 13.2 Å². The third-order valence-corrected chi connectivity index (χ3v) is 2.58. The van der Waals surface area contributed by atoms with E-state index in [9.17, 15) is 9.18 Å². The number of pyridine rings is 1. The molecular formula is C12H11FN2O2. The summed E-state index contributed by atoms with van der Waals surface area (Å²) in [5.74, 6) is 1.41. The number of amides is 1. The average molecular weight is 234 g/mol. The molecular weight excluding hydrogens is 223 g/mol. The van der Waals surface area contributed by atoms with Crippen molar-refractivity contribution in [1.29, 1.82) is 0 Å². The Morgan fingerprint density at radius 1 is 1.71 bits per heavy atom. The van der Waals surface area contributed by atoms with E-state index in [1.54, 1.807) is 0 Å². The molecule has 5 heteroatoms. The predicted octanol–water partition coefficient (Wildman–Crippen LogP) is 0.695. The molecule has 0 N–H and O–H groups in total. The van der Waals surface area contributed by atoms with Crippen molar-refractivity contribution in [2.75, 3.05) is 19.8 Å². The summed E-state index contributed by atoms with van der Waals surface area (Å²) in [6, 6.07) is 0.907. The van der Waals surface area contributed by atoms with Crippen molar-refractivity contribution in [3.05, 3.63) is 29.8 Å². The van der Waals surface area contributed by atoms with E-state index >= 15 is 0 Å². The van der Waals surface area contributed by atoms with E-state index in [4.69, 9.17) is 11.2 Å². The average Bonchev–Trinajstić information content (AvgIpc) is 2.38. The van der Waals surface area contributed by atoms with Crippen molar-refractivity contribution in [2.24, 2.45) is 0 Å². The van der Waals surface area contributed by atoms with Gasteiger partial charge in [-0.15, -0.1) is 6.42 Å². The number of nitrogens with zero attached hydrogens (tertiary/aromatic N) is 2. The van der Waals surface area contributed by atoms with Gasteiger partial charge in [-0.05, 0) is 6.07 Å². The monoisotopic (exact) mass is 234 g/mol. The first-order valence-corrected chi connectivity index (χ1v) is 5.18. The Morgan fingerprint density at radius 3 is 3.24 bits per heavy atom. The molecule has 1 fully saturated rings. The fourth-order valence-electron chi connectivity index (χ4n) is 1.69. The summed E-state index contributed by atoms with van der Waals surface area (Å²) in [5.41, 5.74) is -0.0119. The lowest BCUT2D eigenvalue weighted by Crippen LogP contribution is -2.48. The quantitative estimate of drug-likeness (QED) is 0.671. The summed E-state index contributed by atoms with van der Waals surface area (Å²) in [4.78, 5) is 17.1. The van der Waals surface area contributed by atoms with Gasteiger partial charge in [0.1, 0.15) is 6.04 Å². The fourth-order valence-corrected chi connectivity index (χ4v) is 1.69. The van der Waals surface area contributed by atoms with Crippen LogP contribution in [0, 0.1) is 18.2 Å². The van der Waals surface area contributed by atoms with Crippen LogP contribution in [-0.4, -0.2) is 41.6 Å². The first kappa shape index (κ1) is 11.6. The van der Waals surface area contributed by atoms with Gasteiger partial charge in [0.25, 0.3) is 5.91 Å². The second-order valence-corrected chi connectivity index (χ2v) is 3.61. The smallest absolute Gasteiger partial charge is 0.258 e. The Balaban J connectivity index is 2.25. The van der Waals surface area contributed by atoms with Gasteiger partial charge in [-0.25, -0.2) is 4.39 Å². The zero-order valence-electron chi connectivity index (χ0n) is 9.10. The largest absolute Gasteiger partial charge is 0.376 e. The van der Waals surface area contributed by atoms with Crippen LogP contribution in [0.25, 0.3) is 0 Å². The lowest BCUT2D eigenvalue weighted by molar-refractivity contribution is 0.0135. The molecule has 1 aromatic rings. The van der Waals surface area contributed by atoms with E-state index in [1.807, 2.05) is 0 Å². The van der Waals surface area contributed by atoms with Crippen LogP contribution in [0.4, 0.5) is 4.39 Å². The van der Waals surface area contributed by atoms with Crippen LogP contribution in [0.1, 0.15) is 10.4 Å². The van der Waals surface area contributed by atoms with Gasteiger partial charge >= 0.3 is 0 Å². The van der Waals surface area contributed by atoms with E-state index < -0.39 is 17.8 Å². The Labute approximate surface area is 98.4 Å². The van der Waals surface area contributed by atoms with Crippen LogP contribution >= 0.6 is 0 Å². The van der Waals surface area contributed by atoms with Crippen molar-refractivity contribution >= 4 is 5.91 Å². The Hall–Kier alpha value is -1.93. The van der Waals surface area contributed by atoms with Crippen LogP contribution in [0.5, 0.6) is 0 Å². The van der Waals surface area contributed by atoms with Crippen molar-refractivity contribution < 1.29 is 13.9 Å². The normalized spacial score (nSPS) is 19.8. The predicted molar refractivity (Wildman–Crippen MR) is 58.7 cm³/mol. The summed E-state index contributed by atoms with van der Waals surface area (Å²) in [6.07, 6.45) is 7.71. The van der Waals surface area contributed by atoms with Gasteiger partial charge in [0.2, 0.25) is 0 Å². The lowest BCUT2D eigenvalue weighted by atomic mass is 10.1. The molecule has 17 heavy (non-hydrogen) atoms. The maximum Gasteiger partial charge on any atom is 0.258 e. The zero-order valence-corrected chi connectivity index (χ0v) is 9.10. The van der Waals surface area contributed by atoms with Crippen LogP contribution in [0.3, 0.4) is 0 Å². The molecule has 0 spiro atoms. The summed E-state index contributed by atoms with van der Waals surface area (Å²) in [7, 11) is 0. The molecule has 0 saturated carbocycles. The number of hydrogen-bond donors (Lipinski definition) is 0. The molecule has 0 aromatic carbocycles. The van der Waals surface area contributed by atoms with Gasteiger partial charge < -0.3 is 9.64 Å². The highest BCUT2D eigenvalue weighted by molar-refractivity contribution is 5.94. The first-order chi connectivity index (χ1) is 8.24. The molecule has 0 bridgehead atoms. The minimum Gasteiger partial charge on any atom is -0.376 e. The molecule has 1 aliphatic rings. The summed E-state index contributed by atoms with van der Waals surface area (Å²) in [6.45, 7) is 1.07. The first-order valence-electron chi connectivity index (χ1n) is 5.18. The lowest BCUT2D eigenvalue weighted by Gasteiger charge is -2.32. The molecule has 1 saturated heterocycles. The van der Waals surface area contributed by atoms with E-state index in [0.717, 1.165) is 6.20 Å². The summed E-state index contributed by atoms with van der Waals surface area (Å²) in [5, 5.41) is 0. The van der Waals surface area contributed by atoms with E-state index in [-0.39, 0.29) is 12.2 Å². The highest BCUT2D eigenvalue weighted by Gasteiger charge is 2.28. The number of hydrogen-bond acceptors (Lipinski definition) is 3. The summed E-state index contributed by atoms with van der Waals surface area (Å²) < 4.78 is 18.6. The molecule has 88 valence electrons. The molecule has 2 heterocycles. The molecule has 4 nitrogen and oxygen atoms in total. The topological polar surface area (TPSA) is 42.4 Å². The second kappa shape index (κ2) is 4.93.